The van der Waals surface area contributed by atoms with Gasteiger partial charge in [-0.05, 0) is 13.8 Å². The molecular weight excluding hydrogens is 148 g/mol. The zero-order valence-electron chi connectivity index (χ0n) is 7.03. The Balaban J connectivity index is 3.51. The number of aliphatic hydroxyl groups excluding tert-OH is 1. The second kappa shape index (κ2) is 4.96. The summed E-state index contributed by atoms with van der Waals surface area (Å²) in [6.07, 6.45) is -1.05. The molecule has 11 heavy (non-hydrogen) atoms. The largest absolute Gasteiger partial charge is 0.508 e. The van der Waals surface area contributed by atoms with Crippen LogP contribution in [0.1, 0.15) is 20.3 Å². The van der Waals surface area contributed by atoms with Gasteiger partial charge in [0.15, 0.2) is 0 Å². The number of carbonyl (C=O) groups excluding carboxylic acids is 1. The van der Waals surface area contributed by atoms with Crippen LogP contribution >= 0.6 is 0 Å². The van der Waals surface area contributed by atoms with E-state index in [1.165, 1.54) is 7.11 Å². The normalized spacial score (nSPS) is 15.3. The predicted molar refractivity (Wildman–Crippen MR) is 39.2 cm³/mol. The van der Waals surface area contributed by atoms with Crippen LogP contribution in [0.15, 0.2) is 0 Å². The van der Waals surface area contributed by atoms with E-state index in [4.69, 9.17) is 5.11 Å². The van der Waals surface area contributed by atoms with E-state index in [2.05, 4.69) is 9.47 Å². The minimum Gasteiger partial charge on any atom is -0.438 e. The van der Waals surface area contributed by atoms with Crippen molar-refractivity contribution in [1.82, 2.24) is 0 Å². The van der Waals surface area contributed by atoms with E-state index in [1.54, 1.807) is 13.8 Å². The number of aliphatic hydroxyl groups is 1. The van der Waals surface area contributed by atoms with Gasteiger partial charge in [0.25, 0.3) is 0 Å². The fourth-order valence-electron chi connectivity index (χ4n) is 0.741. The van der Waals surface area contributed by atoms with E-state index < -0.39 is 12.3 Å². The van der Waals surface area contributed by atoms with Crippen LogP contribution in [-0.2, 0) is 9.47 Å². The molecule has 2 unspecified atom stereocenters. The van der Waals surface area contributed by atoms with Crippen molar-refractivity contribution in [1.29, 1.82) is 0 Å². The number of hydrogen-bond acceptors (Lipinski definition) is 4. The van der Waals surface area contributed by atoms with Crippen molar-refractivity contribution in [3.05, 3.63) is 0 Å². The number of carbonyl (C=O) groups is 1. The highest BCUT2D eigenvalue weighted by Crippen LogP contribution is 2.02. The molecule has 0 amide bonds. The molecule has 0 aromatic heterocycles. The lowest BCUT2D eigenvalue weighted by Crippen LogP contribution is -2.19. The molecule has 1 N–H and O–H groups in total. The summed E-state index contributed by atoms with van der Waals surface area (Å²) in [4.78, 5) is 10.5. The van der Waals surface area contributed by atoms with E-state index in [9.17, 15) is 4.79 Å². The maximum atomic E-state index is 10.5. The quantitative estimate of drug-likeness (QED) is 0.627. The summed E-state index contributed by atoms with van der Waals surface area (Å²) >= 11 is 0. The van der Waals surface area contributed by atoms with Crippen LogP contribution in [-0.4, -0.2) is 30.6 Å². The number of rotatable bonds is 3. The highest BCUT2D eigenvalue weighted by Gasteiger charge is 2.10. The van der Waals surface area contributed by atoms with Gasteiger partial charge in [-0.2, -0.15) is 0 Å². The van der Waals surface area contributed by atoms with E-state index in [0.29, 0.717) is 6.42 Å². The van der Waals surface area contributed by atoms with Crippen LogP contribution in [0.5, 0.6) is 0 Å². The minimum atomic E-state index is -0.710. The molecule has 0 spiro atoms. The fraction of sp³-hybridized carbons (Fsp3) is 0.857. The minimum absolute atomic E-state index is 0.303. The average Bonchev–Trinajstić information content (AvgIpc) is 1.85. The summed E-state index contributed by atoms with van der Waals surface area (Å²) in [6.45, 7) is 3.33. The molecule has 0 saturated carbocycles. The van der Waals surface area contributed by atoms with Gasteiger partial charge in [-0.3, -0.25) is 0 Å². The maximum absolute atomic E-state index is 10.5. The van der Waals surface area contributed by atoms with Crippen molar-refractivity contribution in [2.24, 2.45) is 0 Å². The van der Waals surface area contributed by atoms with E-state index >= 15 is 0 Å². The number of methoxy groups -OCH3 is 1. The van der Waals surface area contributed by atoms with Crippen molar-refractivity contribution >= 4 is 6.16 Å². The van der Waals surface area contributed by atoms with Crippen molar-refractivity contribution in [3.63, 3.8) is 0 Å². The molecule has 0 saturated heterocycles. The van der Waals surface area contributed by atoms with Crippen LogP contribution in [0, 0.1) is 0 Å². The molecular formula is C7H14O4. The lowest BCUT2D eigenvalue weighted by molar-refractivity contribution is 0.0244. The number of ether oxygens (including phenoxy) is 2. The molecule has 0 aromatic carbocycles. The van der Waals surface area contributed by atoms with Crippen LogP contribution in [0.25, 0.3) is 0 Å². The average molecular weight is 162 g/mol. The molecule has 0 aliphatic rings. The lowest BCUT2D eigenvalue weighted by atomic mass is 10.2. The first kappa shape index (κ1) is 10.2. The lowest BCUT2D eigenvalue weighted by Gasteiger charge is -2.12. The Morgan fingerprint density at radius 2 is 2.09 bits per heavy atom. The van der Waals surface area contributed by atoms with Crippen molar-refractivity contribution in [3.8, 4) is 0 Å². The van der Waals surface area contributed by atoms with Gasteiger partial charge in [0.1, 0.15) is 6.10 Å². The van der Waals surface area contributed by atoms with Gasteiger partial charge in [0, 0.05) is 6.42 Å². The zero-order valence-corrected chi connectivity index (χ0v) is 7.03. The molecule has 0 rings (SSSR count). The smallest absolute Gasteiger partial charge is 0.438 e. The molecule has 0 heterocycles. The second-order valence-electron chi connectivity index (χ2n) is 2.47. The Bertz CT molecular complexity index is 122. The van der Waals surface area contributed by atoms with E-state index in [-0.39, 0.29) is 6.10 Å². The molecule has 0 aromatic rings. The molecule has 0 aliphatic heterocycles. The van der Waals surface area contributed by atoms with Gasteiger partial charge in [0.2, 0.25) is 0 Å². The fourth-order valence-corrected chi connectivity index (χ4v) is 0.741. The Morgan fingerprint density at radius 3 is 2.45 bits per heavy atom. The summed E-state index contributed by atoms with van der Waals surface area (Å²) < 4.78 is 8.95. The van der Waals surface area contributed by atoms with Gasteiger partial charge in [-0.1, -0.05) is 0 Å². The third kappa shape index (κ3) is 5.66. The molecule has 0 bridgehead atoms. The monoisotopic (exact) mass is 162 g/mol. The highest BCUT2D eigenvalue weighted by atomic mass is 16.7. The zero-order chi connectivity index (χ0) is 8.85. The Labute approximate surface area is 66.1 Å². The van der Waals surface area contributed by atoms with Crippen LogP contribution in [0.4, 0.5) is 4.79 Å². The summed E-state index contributed by atoms with van der Waals surface area (Å²) in [6, 6.07) is 0. The first-order chi connectivity index (χ1) is 5.06. The molecule has 2 atom stereocenters. The van der Waals surface area contributed by atoms with Crippen LogP contribution in [0.2, 0.25) is 0 Å². The third-order valence-electron chi connectivity index (χ3n) is 1.14. The third-order valence-corrected chi connectivity index (χ3v) is 1.14. The van der Waals surface area contributed by atoms with Crippen LogP contribution < -0.4 is 0 Å². The van der Waals surface area contributed by atoms with Gasteiger partial charge in [-0.15, -0.1) is 0 Å². The summed E-state index contributed by atoms with van der Waals surface area (Å²) in [5.74, 6) is 0. The first-order valence-corrected chi connectivity index (χ1v) is 3.49. The first-order valence-electron chi connectivity index (χ1n) is 3.49. The predicted octanol–water partition coefficient (Wildman–Crippen LogP) is 0.929. The molecule has 0 aliphatic carbocycles. The summed E-state index contributed by atoms with van der Waals surface area (Å²) in [5, 5.41) is 8.88. The Hall–Kier alpha value is -0.770. The van der Waals surface area contributed by atoms with Crippen molar-refractivity contribution in [2.45, 2.75) is 32.5 Å². The van der Waals surface area contributed by atoms with E-state index in [0.717, 1.165) is 0 Å². The Morgan fingerprint density at radius 1 is 1.55 bits per heavy atom. The topological polar surface area (TPSA) is 55.8 Å². The molecule has 4 nitrogen and oxygen atoms in total. The SMILES string of the molecule is COC(=O)OC(C)CC(C)O. The summed E-state index contributed by atoms with van der Waals surface area (Å²) in [5.41, 5.74) is 0. The maximum Gasteiger partial charge on any atom is 0.508 e. The van der Waals surface area contributed by atoms with Crippen molar-refractivity contribution < 1.29 is 19.4 Å². The Kier molecular flexibility index (Phi) is 4.61. The molecule has 0 fully saturated rings. The van der Waals surface area contributed by atoms with E-state index in [1.807, 2.05) is 0 Å². The molecule has 66 valence electrons. The second-order valence-corrected chi connectivity index (χ2v) is 2.47. The molecule has 0 radical (unpaired) electrons. The highest BCUT2D eigenvalue weighted by molar-refractivity contribution is 5.59. The van der Waals surface area contributed by atoms with Gasteiger partial charge in [0.05, 0.1) is 13.2 Å². The van der Waals surface area contributed by atoms with Crippen LogP contribution in [0.3, 0.4) is 0 Å². The number of hydrogen-bond donors (Lipinski definition) is 1. The van der Waals surface area contributed by atoms with Crippen molar-refractivity contribution in [2.75, 3.05) is 7.11 Å². The summed E-state index contributed by atoms with van der Waals surface area (Å²) in [7, 11) is 1.25. The van der Waals surface area contributed by atoms with Gasteiger partial charge < -0.3 is 14.6 Å². The van der Waals surface area contributed by atoms with Gasteiger partial charge in [-0.25, -0.2) is 4.79 Å². The van der Waals surface area contributed by atoms with Gasteiger partial charge >= 0.3 is 6.16 Å². The molecule has 4 heteroatoms. The standard InChI is InChI=1S/C7H14O4/c1-5(8)4-6(2)11-7(9)10-3/h5-6,8H,4H2,1-3H3.